The van der Waals surface area contributed by atoms with Crippen LogP contribution in [0.15, 0.2) is 41.3 Å². The lowest BCUT2D eigenvalue weighted by molar-refractivity contribution is -0.0278. The zero-order valence-electron chi connectivity index (χ0n) is 16.1. The molecule has 2 aromatic rings. The largest absolute Gasteiger partial charge is 0.489 e. The van der Waals surface area contributed by atoms with E-state index in [2.05, 4.69) is 6.07 Å². The molecular weight excluding hydrogens is 451 g/mol. The van der Waals surface area contributed by atoms with Gasteiger partial charge in [-0.2, -0.15) is 9.57 Å². The van der Waals surface area contributed by atoms with E-state index >= 15 is 0 Å². The number of hydrogen-bond donors (Lipinski definition) is 1. The van der Waals surface area contributed by atoms with E-state index in [9.17, 15) is 18.8 Å². The summed E-state index contributed by atoms with van der Waals surface area (Å²) in [5.41, 5.74) is -0.444. The lowest BCUT2D eigenvalue weighted by Gasteiger charge is -2.47. The molecule has 30 heavy (non-hydrogen) atoms. The molecule has 2 aromatic carbocycles. The predicted molar refractivity (Wildman–Crippen MR) is 113 cm³/mol. The van der Waals surface area contributed by atoms with Crippen molar-refractivity contribution < 1.29 is 23.0 Å². The summed E-state index contributed by atoms with van der Waals surface area (Å²) >= 11 is 11.9. The number of para-hydroxylation sites is 1. The number of rotatable bonds is 8. The Morgan fingerprint density at radius 1 is 1.23 bits per heavy atom. The van der Waals surface area contributed by atoms with Gasteiger partial charge in [-0.3, -0.25) is 0 Å². The predicted octanol–water partition coefficient (Wildman–Crippen LogP) is 3.33. The average molecular weight is 471 g/mol. The molecule has 1 N–H and O–H groups in total. The molecule has 1 fully saturated rings. The molecule has 10 heteroatoms. The highest BCUT2D eigenvalue weighted by atomic mass is 35.5. The van der Waals surface area contributed by atoms with Crippen LogP contribution in [0.5, 0.6) is 11.5 Å². The van der Waals surface area contributed by atoms with Crippen LogP contribution in [0.25, 0.3) is 0 Å². The Bertz CT molecular complexity index is 1080. The first kappa shape index (κ1) is 22.7. The van der Waals surface area contributed by atoms with Crippen LogP contribution in [-0.4, -0.2) is 50.7 Å². The maximum Gasteiger partial charge on any atom is 0.244 e. The topological polar surface area (TPSA) is 99.9 Å². The minimum absolute atomic E-state index is 0.0370. The third kappa shape index (κ3) is 4.36. The van der Waals surface area contributed by atoms with E-state index in [0.717, 1.165) is 0 Å². The van der Waals surface area contributed by atoms with Crippen molar-refractivity contribution in [1.29, 1.82) is 5.26 Å². The van der Waals surface area contributed by atoms with Crippen LogP contribution >= 0.6 is 23.2 Å². The molecule has 0 unspecified atom stereocenters. The molecule has 3 rings (SSSR count). The van der Waals surface area contributed by atoms with E-state index in [1.165, 1.54) is 22.5 Å². The van der Waals surface area contributed by atoms with Crippen LogP contribution in [-0.2, 0) is 10.0 Å². The van der Waals surface area contributed by atoms with Crippen LogP contribution in [0.2, 0.25) is 10.0 Å². The van der Waals surface area contributed by atoms with E-state index in [1.54, 1.807) is 25.1 Å². The third-order valence-electron chi connectivity index (χ3n) is 4.79. The first-order chi connectivity index (χ1) is 14.3. The van der Waals surface area contributed by atoms with Gasteiger partial charge in [0.2, 0.25) is 10.0 Å². The second-order valence-corrected chi connectivity index (χ2v) is 9.72. The number of nitrogens with zero attached hydrogens (tertiary/aromatic N) is 2. The summed E-state index contributed by atoms with van der Waals surface area (Å²) in [5.74, 6) is 0.693. The first-order valence-corrected chi connectivity index (χ1v) is 11.3. The van der Waals surface area contributed by atoms with Gasteiger partial charge in [-0.25, -0.2) is 8.42 Å². The van der Waals surface area contributed by atoms with Gasteiger partial charge in [0.15, 0.2) is 11.5 Å². The Balaban J connectivity index is 1.74. The minimum atomic E-state index is -3.83. The molecule has 1 aliphatic heterocycles. The molecule has 7 nitrogen and oxygen atoms in total. The van der Waals surface area contributed by atoms with Crippen molar-refractivity contribution in [2.45, 2.75) is 11.8 Å². The Kier molecular flexibility index (Phi) is 6.80. The molecular formula is C20H20Cl2N2O5S. The number of benzene rings is 2. The Hall–Kier alpha value is -2.02. The van der Waals surface area contributed by atoms with E-state index < -0.39 is 15.4 Å². The van der Waals surface area contributed by atoms with Gasteiger partial charge in [-0.05, 0) is 37.3 Å². The van der Waals surface area contributed by atoms with Crippen LogP contribution in [0.3, 0.4) is 0 Å². The Morgan fingerprint density at radius 3 is 2.57 bits per heavy atom. The molecule has 0 aromatic heterocycles. The quantitative estimate of drug-likeness (QED) is 0.634. The highest BCUT2D eigenvalue weighted by Gasteiger charge is 2.49. The summed E-state index contributed by atoms with van der Waals surface area (Å²) in [6, 6.07) is 11.2. The van der Waals surface area contributed by atoms with Gasteiger partial charge in [0, 0.05) is 18.1 Å². The highest BCUT2D eigenvalue weighted by Crippen LogP contribution is 2.39. The van der Waals surface area contributed by atoms with E-state index in [4.69, 9.17) is 32.7 Å². The van der Waals surface area contributed by atoms with E-state index in [0.29, 0.717) is 28.7 Å². The molecule has 1 aliphatic rings. The number of aliphatic hydroxyl groups is 1. The Morgan fingerprint density at radius 2 is 1.97 bits per heavy atom. The van der Waals surface area contributed by atoms with E-state index in [1.807, 2.05) is 0 Å². The molecule has 0 saturated carbocycles. The van der Waals surface area contributed by atoms with Crippen LogP contribution in [0, 0.1) is 16.7 Å². The molecule has 0 amide bonds. The average Bonchev–Trinajstić information content (AvgIpc) is 2.68. The van der Waals surface area contributed by atoms with Crippen molar-refractivity contribution in [3.05, 3.63) is 52.0 Å². The molecule has 160 valence electrons. The Labute approximate surface area is 185 Å². The maximum atomic E-state index is 12.9. The van der Waals surface area contributed by atoms with Crippen molar-refractivity contribution >= 4 is 33.2 Å². The maximum absolute atomic E-state index is 12.9. The van der Waals surface area contributed by atoms with Gasteiger partial charge >= 0.3 is 0 Å². The highest BCUT2D eigenvalue weighted by molar-refractivity contribution is 7.89. The van der Waals surface area contributed by atoms with Crippen molar-refractivity contribution in [3.8, 4) is 17.6 Å². The summed E-state index contributed by atoms with van der Waals surface area (Å²) in [5, 5.41) is 19.5. The SMILES string of the molecule is CCOc1c(C#N)cccc1OCC1(CO)CN(S(=O)(=O)c2ccc(Cl)cc2Cl)C1. The van der Waals surface area contributed by atoms with Crippen molar-refractivity contribution in [1.82, 2.24) is 4.31 Å². The van der Waals surface area contributed by atoms with Gasteiger partial charge in [0.05, 0.1) is 35.8 Å². The lowest BCUT2D eigenvalue weighted by atomic mass is 9.83. The van der Waals surface area contributed by atoms with Gasteiger partial charge in [0.25, 0.3) is 0 Å². The molecule has 1 heterocycles. The van der Waals surface area contributed by atoms with Crippen LogP contribution in [0.4, 0.5) is 0 Å². The van der Waals surface area contributed by atoms with Gasteiger partial charge < -0.3 is 14.6 Å². The van der Waals surface area contributed by atoms with Gasteiger partial charge in [-0.1, -0.05) is 29.3 Å². The molecule has 0 aliphatic carbocycles. The zero-order chi connectivity index (χ0) is 21.9. The van der Waals surface area contributed by atoms with Gasteiger partial charge in [0.1, 0.15) is 11.0 Å². The van der Waals surface area contributed by atoms with E-state index in [-0.39, 0.29) is 36.2 Å². The fourth-order valence-electron chi connectivity index (χ4n) is 3.17. The molecule has 0 bridgehead atoms. The summed E-state index contributed by atoms with van der Waals surface area (Å²) in [7, 11) is -3.83. The van der Waals surface area contributed by atoms with Gasteiger partial charge in [-0.15, -0.1) is 0 Å². The fraction of sp³-hybridized carbons (Fsp3) is 0.350. The molecule has 0 atom stereocenters. The number of sulfonamides is 1. The summed E-state index contributed by atoms with van der Waals surface area (Å²) in [6.07, 6.45) is 0. The second kappa shape index (κ2) is 9.00. The van der Waals surface area contributed by atoms with Crippen LogP contribution < -0.4 is 9.47 Å². The molecule has 0 radical (unpaired) electrons. The number of aliphatic hydroxyl groups excluding tert-OH is 1. The number of nitriles is 1. The number of halogens is 2. The molecule has 0 spiro atoms. The van der Waals surface area contributed by atoms with Crippen molar-refractivity contribution in [3.63, 3.8) is 0 Å². The standard InChI is InChI=1S/C20H20Cl2N2O5S/c1-2-28-19-14(9-23)4-3-5-17(19)29-13-20(12-25)10-24(11-20)30(26,27)18-7-6-15(21)8-16(18)22/h3-8,25H,2,10-13H2,1H3. The van der Waals surface area contributed by atoms with Crippen molar-refractivity contribution in [2.75, 3.05) is 32.9 Å². The van der Waals surface area contributed by atoms with Crippen LogP contribution in [0.1, 0.15) is 12.5 Å². The molecule has 1 saturated heterocycles. The van der Waals surface area contributed by atoms with Crippen molar-refractivity contribution in [2.24, 2.45) is 5.41 Å². The smallest absolute Gasteiger partial charge is 0.244 e. The first-order valence-electron chi connectivity index (χ1n) is 9.11. The normalized spacial score (nSPS) is 15.8. The summed E-state index contributed by atoms with van der Waals surface area (Å²) in [4.78, 5) is -0.0404. The summed E-state index contributed by atoms with van der Waals surface area (Å²) in [6.45, 7) is 2.06. The zero-order valence-corrected chi connectivity index (χ0v) is 18.5. The number of ether oxygens (including phenoxy) is 2. The second-order valence-electron chi connectivity index (χ2n) is 6.97. The fourth-order valence-corrected chi connectivity index (χ4v) is 5.59. The third-order valence-corrected chi connectivity index (χ3v) is 7.30. The monoisotopic (exact) mass is 470 g/mol. The number of hydrogen-bond acceptors (Lipinski definition) is 6. The summed E-state index contributed by atoms with van der Waals surface area (Å²) < 4.78 is 38.3. The lowest BCUT2D eigenvalue weighted by Crippen LogP contribution is -2.62. The minimum Gasteiger partial charge on any atom is -0.489 e.